The molecule has 0 spiro atoms. The summed E-state index contributed by atoms with van der Waals surface area (Å²) in [4.78, 5) is 49.4. The van der Waals surface area contributed by atoms with Gasteiger partial charge < -0.3 is 20.4 Å². The first-order valence-electron chi connectivity index (χ1n) is 16.1. The van der Waals surface area contributed by atoms with Gasteiger partial charge in [0.2, 0.25) is 0 Å². The molecule has 0 bridgehead atoms. The van der Waals surface area contributed by atoms with Crippen molar-refractivity contribution in [1.29, 1.82) is 0 Å². The Morgan fingerprint density at radius 1 is 0.400 bits per heavy atom. The highest BCUT2D eigenvalue weighted by Gasteiger charge is 2.68. The summed E-state index contributed by atoms with van der Waals surface area (Å²) in [7, 11) is 0. The Balaban J connectivity index is 4.63. The summed E-state index contributed by atoms with van der Waals surface area (Å²) < 4.78 is 0. The van der Waals surface area contributed by atoms with Crippen molar-refractivity contribution in [1.82, 2.24) is 0 Å². The van der Waals surface area contributed by atoms with E-state index in [1.54, 1.807) is 0 Å². The van der Waals surface area contributed by atoms with E-state index < -0.39 is 47.5 Å². The van der Waals surface area contributed by atoms with E-state index in [-0.39, 0.29) is 12.8 Å². The first-order chi connectivity index (χ1) is 19.1. The van der Waals surface area contributed by atoms with Crippen LogP contribution < -0.4 is 0 Å². The third-order valence-electron chi connectivity index (χ3n) is 7.96. The Kier molecular flexibility index (Phi) is 21.8. The lowest BCUT2D eigenvalue weighted by Gasteiger charge is -2.34. The van der Waals surface area contributed by atoms with Crippen molar-refractivity contribution in [3.05, 3.63) is 0 Å². The molecule has 40 heavy (non-hydrogen) atoms. The lowest BCUT2D eigenvalue weighted by Crippen LogP contribution is -2.71. The molecule has 2 atom stereocenters. The average molecular weight is 571 g/mol. The molecule has 0 fully saturated rings. The number of carboxylic acid groups (broad SMARTS) is 2. The molecule has 4 N–H and O–H groups in total. The predicted molar refractivity (Wildman–Crippen MR) is 157 cm³/mol. The predicted octanol–water partition coefficient (Wildman–Crippen LogP) is 7.16. The number of ketones is 2. The van der Waals surface area contributed by atoms with Gasteiger partial charge in [-0.15, -0.1) is 0 Å². The Hall–Kier alpha value is -1.80. The second kappa shape index (κ2) is 22.8. The van der Waals surface area contributed by atoms with E-state index in [2.05, 4.69) is 13.8 Å². The van der Waals surface area contributed by atoms with E-state index in [9.17, 15) is 39.6 Å². The number of aliphatic carboxylic acids is 2. The third kappa shape index (κ3) is 13.7. The van der Waals surface area contributed by atoms with Gasteiger partial charge in [-0.3, -0.25) is 9.59 Å². The molecule has 0 saturated carbocycles. The minimum atomic E-state index is -3.73. The number of carboxylic acids is 2. The highest BCUT2D eigenvalue weighted by molar-refractivity contribution is 6.21. The standard InChI is InChI=1S/C32H58O8/c1-3-5-7-9-11-13-15-17-19-21-23-25-27(33)31(39,29(35)36)32(40,30(37)38)28(34)26-24-22-20-18-16-14-12-10-8-6-4-2/h39-40H,3-26H2,1-2H3,(H,35,36)(H,37,38)/t31-,32-/m1/s1. The maximum atomic E-state index is 12.8. The molecule has 0 aliphatic heterocycles. The van der Waals surface area contributed by atoms with Gasteiger partial charge in [-0.05, 0) is 12.8 Å². The summed E-state index contributed by atoms with van der Waals surface area (Å²) in [6.07, 6.45) is 21.2. The minimum Gasteiger partial charge on any atom is -0.479 e. The van der Waals surface area contributed by atoms with Crippen LogP contribution in [0.2, 0.25) is 0 Å². The fourth-order valence-corrected chi connectivity index (χ4v) is 5.21. The van der Waals surface area contributed by atoms with Crippen molar-refractivity contribution in [3.63, 3.8) is 0 Å². The first-order valence-corrected chi connectivity index (χ1v) is 16.1. The molecule has 0 rings (SSSR count). The molecular formula is C32H58O8. The molecule has 0 aliphatic carbocycles. The molecule has 0 radical (unpaired) electrons. The normalized spacial score (nSPS) is 14.4. The van der Waals surface area contributed by atoms with E-state index >= 15 is 0 Å². The van der Waals surface area contributed by atoms with E-state index in [1.807, 2.05) is 0 Å². The summed E-state index contributed by atoms with van der Waals surface area (Å²) in [5.74, 6) is -7.16. The van der Waals surface area contributed by atoms with E-state index in [4.69, 9.17) is 0 Å². The first kappa shape index (κ1) is 38.2. The van der Waals surface area contributed by atoms with Crippen molar-refractivity contribution in [2.24, 2.45) is 0 Å². The molecule has 0 heterocycles. The van der Waals surface area contributed by atoms with Crippen LogP contribution in [0.1, 0.15) is 168 Å². The largest absolute Gasteiger partial charge is 0.479 e. The van der Waals surface area contributed by atoms with Crippen LogP contribution in [0.3, 0.4) is 0 Å². The van der Waals surface area contributed by atoms with Crippen LogP contribution in [-0.2, 0) is 19.2 Å². The maximum absolute atomic E-state index is 12.8. The number of Topliss-reactive ketones (excluding diaryl/α,β-unsaturated/α-hetero) is 2. The summed E-state index contributed by atoms with van der Waals surface area (Å²) in [6, 6.07) is 0. The van der Waals surface area contributed by atoms with Gasteiger partial charge in [0.05, 0.1) is 0 Å². The lowest BCUT2D eigenvalue weighted by molar-refractivity contribution is -0.207. The molecule has 234 valence electrons. The summed E-state index contributed by atoms with van der Waals surface area (Å²) in [5.41, 5.74) is -7.46. The van der Waals surface area contributed by atoms with Gasteiger partial charge in [0.25, 0.3) is 11.2 Å². The quantitative estimate of drug-likeness (QED) is 0.0546. The fourth-order valence-electron chi connectivity index (χ4n) is 5.21. The molecule has 8 nitrogen and oxygen atoms in total. The monoisotopic (exact) mass is 570 g/mol. The SMILES string of the molecule is CCCCCCCCCCCCCC(=O)[C@@](O)(C(=O)O)[C@](O)(C(=O)O)C(=O)CCCCCCCCCCCCC. The average Bonchev–Trinajstić information content (AvgIpc) is 2.93. The summed E-state index contributed by atoms with van der Waals surface area (Å²) >= 11 is 0. The molecule has 0 aliphatic rings. The topological polar surface area (TPSA) is 149 Å². The number of unbranched alkanes of at least 4 members (excludes halogenated alkanes) is 20. The van der Waals surface area contributed by atoms with E-state index in [1.165, 1.54) is 64.2 Å². The van der Waals surface area contributed by atoms with E-state index in [0.29, 0.717) is 12.8 Å². The molecule has 0 aromatic carbocycles. The molecule has 8 heteroatoms. The van der Waals surface area contributed by atoms with Gasteiger partial charge >= 0.3 is 11.9 Å². The Labute approximate surface area is 242 Å². The van der Waals surface area contributed by atoms with Gasteiger partial charge in [0.15, 0.2) is 11.6 Å². The maximum Gasteiger partial charge on any atom is 0.347 e. The van der Waals surface area contributed by atoms with Gasteiger partial charge in [0.1, 0.15) is 0 Å². The van der Waals surface area contributed by atoms with Crippen molar-refractivity contribution in [2.45, 2.75) is 179 Å². The Morgan fingerprint density at radius 2 is 0.600 bits per heavy atom. The molecule has 0 amide bonds. The van der Waals surface area contributed by atoms with Crippen LogP contribution in [0.4, 0.5) is 0 Å². The minimum absolute atomic E-state index is 0.243. The van der Waals surface area contributed by atoms with Crippen LogP contribution in [0.25, 0.3) is 0 Å². The van der Waals surface area contributed by atoms with Crippen LogP contribution in [0.5, 0.6) is 0 Å². The number of hydrogen-bond acceptors (Lipinski definition) is 6. The highest BCUT2D eigenvalue weighted by atomic mass is 16.5. The molecule has 0 unspecified atom stereocenters. The van der Waals surface area contributed by atoms with Crippen molar-refractivity contribution in [3.8, 4) is 0 Å². The second-order valence-electron chi connectivity index (χ2n) is 11.4. The van der Waals surface area contributed by atoms with Crippen LogP contribution in [0, 0.1) is 0 Å². The zero-order valence-electron chi connectivity index (χ0n) is 25.4. The second-order valence-corrected chi connectivity index (χ2v) is 11.4. The van der Waals surface area contributed by atoms with Gasteiger partial charge in [-0.1, -0.05) is 142 Å². The summed E-state index contributed by atoms with van der Waals surface area (Å²) in [5, 5.41) is 40.8. The smallest absolute Gasteiger partial charge is 0.347 e. The molecule has 0 saturated heterocycles. The zero-order valence-corrected chi connectivity index (χ0v) is 25.4. The van der Waals surface area contributed by atoms with Crippen molar-refractivity contribution >= 4 is 23.5 Å². The Bertz CT molecular complexity index is 662. The number of carbonyl (C=O) groups is 4. The van der Waals surface area contributed by atoms with Gasteiger partial charge in [0, 0.05) is 12.8 Å². The number of rotatable bonds is 29. The molecule has 0 aromatic rings. The zero-order chi connectivity index (χ0) is 30.3. The van der Waals surface area contributed by atoms with Crippen LogP contribution in [0.15, 0.2) is 0 Å². The molecule has 0 aromatic heterocycles. The number of hydrogen-bond donors (Lipinski definition) is 4. The molecular weight excluding hydrogens is 512 g/mol. The highest BCUT2D eigenvalue weighted by Crippen LogP contribution is 2.30. The fraction of sp³-hybridized carbons (Fsp3) is 0.875. The van der Waals surface area contributed by atoms with Crippen LogP contribution >= 0.6 is 0 Å². The van der Waals surface area contributed by atoms with Crippen molar-refractivity contribution < 1.29 is 39.6 Å². The third-order valence-corrected chi connectivity index (χ3v) is 7.96. The van der Waals surface area contributed by atoms with Crippen LogP contribution in [-0.4, -0.2) is 55.1 Å². The van der Waals surface area contributed by atoms with Gasteiger partial charge in [-0.2, -0.15) is 0 Å². The number of aliphatic hydroxyl groups is 2. The van der Waals surface area contributed by atoms with Crippen molar-refractivity contribution in [2.75, 3.05) is 0 Å². The summed E-state index contributed by atoms with van der Waals surface area (Å²) in [6.45, 7) is 4.37. The number of carbonyl (C=O) groups excluding carboxylic acids is 2. The Morgan fingerprint density at radius 3 is 0.800 bits per heavy atom. The lowest BCUT2D eigenvalue weighted by atomic mass is 9.74. The van der Waals surface area contributed by atoms with E-state index in [0.717, 1.165) is 51.4 Å². The van der Waals surface area contributed by atoms with Gasteiger partial charge in [-0.25, -0.2) is 9.59 Å².